The van der Waals surface area contributed by atoms with Crippen molar-refractivity contribution in [3.63, 3.8) is 0 Å². The Kier molecular flexibility index (Phi) is 5.85. The molecule has 0 bridgehead atoms. The van der Waals surface area contributed by atoms with Crippen LogP contribution >= 0.6 is 11.8 Å². The summed E-state index contributed by atoms with van der Waals surface area (Å²) in [5, 5.41) is 3.28. The fourth-order valence-electron chi connectivity index (χ4n) is 3.00. The highest BCUT2D eigenvalue weighted by molar-refractivity contribution is 7.98. The third kappa shape index (κ3) is 4.38. The lowest BCUT2D eigenvalue weighted by atomic mass is 10.2. The zero-order valence-corrected chi connectivity index (χ0v) is 17.3. The quantitative estimate of drug-likeness (QED) is 0.442. The summed E-state index contributed by atoms with van der Waals surface area (Å²) in [6.45, 7) is 0. The number of esters is 1. The van der Waals surface area contributed by atoms with Crippen LogP contribution in [0.3, 0.4) is 0 Å². The highest BCUT2D eigenvalue weighted by atomic mass is 32.2. The molecule has 1 aromatic carbocycles. The summed E-state index contributed by atoms with van der Waals surface area (Å²) in [5.41, 5.74) is 2.91. The van der Waals surface area contributed by atoms with Crippen LogP contribution in [-0.4, -0.2) is 34.3 Å². The minimum absolute atomic E-state index is 0.377. The summed E-state index contributed by atoms with van der Waals surface area (Å²) in [7, 11) is 1.37. The van der Waals surface area contributed by atoms with Crippen LogP contribution in [0.25, 0.3) is 11.0 Å². The normalized spacial score (nSPS) is 13.4. The molecule has 2 heterocycles. The van der Waals surface area contributed by atoms with Crippen LogP contribution in [0, 0.1) is 0 Å². The largest absolute Gasteiger partial charge is 0.465 e. The predicted molar refractivity (Wildman–Crippen MR) is 118 cm³/mol. The van der Waals surface area contributed by atoms with E-state index in [2.05, 4.69) is 20.3 Å². The van der Waals surface area contributed by atoms with Gasteiger partial charge in [0.05, 0.1) is 18.2 Å². The molecule has 0 amide bonds. The average molecular weight is 420 g/mol. The van der Waals surface area contributed by atoms with Gasteiger partial charge >= 0.3 is 5.97 Å². The van der Waals surface area contributed by atoms with Gasteiger partial charge < -0.3 is 19.8 Å². The van der Waals surface area contributed by atoms with E-state index in [9.17, 15) is 4.79 Å². The minimum Gasteiger partial charge on any atom is -0.465 e. The van der Waals surface area contributed by atoms with Crippen LogP contribution in [-0.2, 0) is 4.74 Å². The number of nitrogens with zero attached hydrogens (tertiary/aromatic N) is 2. The van der Waals surface area contributed by atoms with Crippen LogP contribution < -0.4 is 10.1 Å². The number of ether oxygens (including phenoxy) is 2. The van der Waals surface area contributed by atoms with Gasteiger partial charge in [-0.15, -0.1) is 11.8 Å². The van der Waals surface area contributed by atoms with Gasteiger partial charge in [0.25, 0.3) is 0 Å². The number of thioether (sulfide) groups is 1. The van der Waals surface area contributed by atoms with Gasteiger partial charge in [-0.05, 0) is 48.7 Å². The minimum atomic E-state index is -0.377. The average Bonchev–Trinajstić information content (AvgIpc) is 3.06. The van der Waals surface area contributed by atoms with Crippen molar-refractivity contribution in [2.24, 2.45) is 0 Å². The summed E-state index contributed by atoms with van der Waals surface area (Å²) in [4.78, 5) is 24.7. The number of fused-ring (bicyclic) bond motifs is 1. The number of anilines is 1. The van der Waals surface area contributed by atoms with E-state index in [0.29, 0.717) is 17.9 Å². The van der Waals surface area contributed by atoms with Gasteiger partial charge in [0.15, 0.2) is 0 Å². The number of carbonyl (C=O) groups excluding carboxylic acids is 1. The summed E-state index contributed by atoms with van der Waals surface area (Å²) in [6, 6.07) is 7.17. The number of rotatable bonds is 6. The molecule has 2 N–H and O–H groups in total. The molecule has 0 aliphatic heterocycles. The topological polar surface area (TPSA) is 89.1 Å². The number of aromatic amines is 1. The maximum absolute atomic E-state index is 11.9. The summed E-state index contributed by atoms with van der Waals surface area (Å²) in [6.07, 6.45) is 13.9. The first-order valence-corrected chi connectivity index (χ1v) is 10.5. The van der Waals surface area contributed by atoms with Crippen molar-refractivity contribution in [3.05, 3.63) is 78.0 Å². The lowest BCUT2D eigenvalue weighted by Crippen LogP contribution is -2.01. The molecule has 0 fully saturated rings. The van der Waals surface area contributed by atoms with Crippen molar-refractivity contribution in [1.29, 1.82) is 0 Å². The van der Waals surface area contributed by atoms with E-state index >= 15 is 0 Å². The first kappa shape index (κ1) is 19.8. The Balaban J connectivity index is 1.57. The molecule has 0 spiro atoms. The van der Waals surface area contributed by atoms with E-state index in [1.807, 2.05) is 42.7 Å². The highest BCUT2D eigenvalue weighted by Gasteiger charge is 2.14. The number of imidazole rings is 1. The van der Waals surface area contributed by atoms with Gasteiger partial charge in [-0.25, -0.2) is 9.78 Å². The molecular formula is C22H20N4O3S. The predicted octanol–water partition coefficient (Wildman–Crippen LogP) is 4.69. The fourth-order valence-corrected chi connectivity index (χ4v) is 3.59. The van der Waals surface area contributed by atoms with Gasteiger partial charge in [-0.3, -0.25) is 4.98 Å². The molecule has 1 aliphatic carbocycles. The second kappa shape index (κ2) is 8.87. The molecule has 0 radical (unpaired) electrons. The van der Waals surface area contributed by atoms with E-state index in [1.165, 1.54) is 18.9 Å². The SMILES string of the molecule is COC(=O)c1cc(SC)c2nc(NC3=CC=C(Oc4ccncc4)CC=C3)[nH]c2c1. The van der Waals surface area contributed by atoms with Crippen molar-refractivity contribution in [2.75, 3.05) is 18.7 Å². The standard InChI is InChI=1S/C22H20N4O3S/c1-28-21(27)14-12-18-20(19(13-14)30-2)26-22(25-18)24-15-4-3-5-16(7-6-15)29-17-8-10-23-11-9-17/h3-4,6-13H,5H2,1-2H3,(H2,24,25,26). The number of H-pyrrole nitrogens is 1. The molecule has 0 unspecified atom stereocenters. The van der Waals surface area contributed by atoms with Crippen molar-refractivity contribution in [1.82, 2.24) is 15.0 Å². The van der Waals surface area contributed by atoms with E-state index < -0.39 is 0 Å². The van der Waals surface area contributed by atoms with Gasteiger partial charge in [0.1, 0.15) is 17.0 Å². The first-order chi connectivity index (χ1) is 14.7. The Bertz CT molecular complexity index is 1170. The zero-order valence-electron chi connectivity index (χ0n) is 16.5. The molecule has 30 heavy (non-hydrogen) atoms. The fraction of sp³-hybridized carbons (Fsp3) is 0.136. The van der Waals surface area contributed by atoms with Crippen molar-refractivity contribution >= 4 is 34.7 Å². The molecule has 1 aliphatic rings. The lowest BCUT2D eigenvalue weighted by Gasteiger charge is -2.06. The first-order valence-electron chi connectivity index (χ1n) is 9.24. The smallest absolute Gasteiger partial charge is 0.337 e. The second-order valence-electron chi connectivity index (χ2n) is 6.42. The Labute approximate surface area is 177 Å². The number of hydrogen-bond acceptors (Lipinski definition) is 7. The van der Waals surface area contributed by atoms with E-state index in [0.717, 1.165) is 33.1 Å². The molecule has 0 atom stereocenters. The Morgan fingerprint density at radius 1 is 1.23 bits per heavy atom. The monoisotopic (exact) mass is 420 g/mol. The number of nitrogens with one attached hydrogen (secondary N) is 2. The molecular weight excluding hydrogens is 400 g/mol. The molecule has 152 valence electrons. The number of carbonyl (C=O) groups is 1. The molecule has 0 saturated carbocycles. The Morgan fingerprint density at radius 3 is 2.83 bits per heavy atom. The molecule has 2 aromatic heterocycles. The van der Waals surface area contributed by atoms with Crippen LogP contribution in [0.2, 0.25) is 0 Å². The third-order valence-electron chi connectivity index (χ3n) is 4.42. The number of allylic oxidation sites excluding steroid dienone is 4. The van der Waals surface area contributed by atoms with Gasteiger partial charge in [0.2, 0.25) is 5.95 Å². The number of hydrogen-bond donors (Lipinski definition) is 2. The number of pyridine rings is 1. The van der Waals surface area contributed by atoms with Crippen LogP contribution in [0.15, 0.2) is 77.3 Å². The Hall–Kier alpha value is -3.52. The van der Waals surface area contributed by atoms with Crippen molar-refractivity contribution in [3.8, 4) is 5.75 Å². The maximum atomic E-state index is 11.9. The lowest BCUT2D eigenvalue weighted by molar-refractivity contribution is 0.0600. The summed E-state index contributed by atoms with van der Waals surface area (Å²) in [5.74, 6) is 1.78. The second-order valence-corrected chi connectivity index (χ2v) is 7.27. The van der Waals surface area contributed by atoms with Crippen LogP contribution in [0.5, 0.6) is 5.75 Å². The molecule has 4 rings (SSSR count). The summed E-state index contributed by atoms with van der Waals surface area (Å²) >= 11 is 1.53. The molecule has 8 heteroatoms. The van der Waals surface area contributed by atoms with Gasteiger partial charge in [0, 0.05) is 29.4 Å². The maximum Gasteiger partial charge on any atom is 0.337 e. The van der Waals surface area contributed by atoms with Crippen LogP contribution in [0.1, 0.15) is 16.8 Å². The summed E-state index contributed by atoms with van der Waals surface area (Å²) < 4.78 is 10.7. The molecule has 7 nitrogen and oxygen atoms in total. The number of benzene rings is 1. The molecule has 3 aromatic rings. The Morgan fingerprint density at radius 2 is 2.07 bits per heavy atom. The van der Waals surface area contributed by atoms with E-state index in [1.54, 1.807) is 24.5 Å². The van der Waals surface area contributed by atoms with E-state index in [4.69, 9.17) is 9.47 Å². The third-order valence-corrected chi connectivity index (χ3v) is 5.17. The van der Waals surface area contributed by atoms with Crippen molar-refractivity contribution < 1.29 is 14.3 Å². The van der Waals surface area contributed by atoms with Gasteiger partial charge in [-0.1, -0.05) is 6.08 Å². The number of methoxy groups -OCH3 is 1. The van der Waals surface area contributed by atoms with Crippen LogP contribution in [0.4, 0.5) is 5.95 Å². The van der Waals surface area contributed by atoms with Gasteiger partial charge in [-0.2, -0.15) is 0 Å². The van der Waals surface area contributed by atoms with E-state index in [-0.39, 0.29) is 5.97 Å². The number of aromatic nitrogens is 3. The van der Waals surface area contributed by atoms with Crippen molar-refractivity contribution in [2.45, 2.75) is 11.3 Å². The molecule has 0 saturated heterocycles. The highest BCUT2D eigenvalue weighted by Crippen LogP contribution is 2.28. The zero-order chi connectivity index (χ0) is 20.9.